The highest BCUT2D eigenvalue weighted by molar-refractivity contribution is 6.30. The number of allylic oxidation sites excluding steroid dienone is 1. The lowest BCUT2D eigenvalue weighted by atomic mass is 9.67. The second kappa shape index (κ2) is 11.3. The average molecular weight is 517 g/mol. The minimum absolute atomic E-state index is 0.0447. The van der Waals surface area contributed by atoms with Gasteiger partial charge < -0.3 is 20.1 Å². The molecule has 2 aromatic carbocycles. The Hall–Kier alpha value is -1.40. The van der Waals surface area contributed by atoms with E-state index < -0.39 is 0 Å². The maximum absolute atomic E-state index is 15.3. The number of piperazine rings is 1. The fraction of sp³-hybridized carbons (Fsp3) is 0.517. The summed E-state index contributed by atoms with van der Waals surface area (Å²) in [5, 5.41) is 20.1. The molecule has 2 aromatic rings. The third-order valence-corrected chi connectivity index (χ3v) is 8.62. The van der Waals surface area contributed by atoms with Crippen LogP contribution in [-0.2, 0) is 0 Å². The maximum atomic E-state index is 15.3. The van der Waals surface area contributed by atoms with Gasteiger partial charge in [-0.3, -0.25) is 0 Å². The van der Waals surface area contributed by atoms with Gasteiger partial charge in [-0.25, -0.2) is 0 Å². The highest BCUT2D eigenvalue weighted by Gasteiger charge is 2.51. The molecule has 0 spiro atoms. The molecule has 4 rings (SSSR count). The fourth-order valence-electron chi connectivity index (χ4n) is 6.34. The van der Waals surface area contributed by atoms with Crippen molar-refractivity contribution in [3.05, 3.63) is 87.6 Å². The Bertz CT molecular complexity index is 994. The first-order valence-corrected chi connectivity index (χ1v) is 13.6. The first-order chi connectivity index (χ1) is 16.7. The standard InChI is InChI=1S/C29H39Cl2N3O/c1-4-13-29(3)20-27(24-6-5-7-26(31)19-24)28(23-8-10-25(30)11-9-23)34(35,21-29)22(2)12-16-33-17-14-32-15-18-33/h4-11,19,22,27-28,32H,1,12-18,20-21H2,2-3H3/t22-,27+,28+,29-,34?/m0/s1. The molecule has 2 fully saturated rings. The fourth-order valence-corrected chi connectivity index (χ4v) is 6.66. The normalized spacial score (nSPS) is 30.7. The third kappa shape index (κ3) is 6.12. The van der Waals surface area contributed by atoms with Crippen LogP contribution in [-0.4, -0.2) is 54.9 Å². The van der Waals surface area contributed by atoms with Crippen molar-refractivity contribution in [3.8, 4) is 0 Å². The topological polar surface area (TPSA) is 38.3 Å². The summed E-state index contributed by atoms with van der Waals surface area (Å²) in [6.07, 6.45) is 4.59. The molecule has 4 nitrogen and oxygen atoms in total. The van der Waals surface area contributed by atoms with Crippen molar-refractivity contribution in [2.45, 2.75) is 51.1 Å². The Balaban J connectivity index is 1.75. The Labute approximate surface area is 221 Å². The Kier molecular flexibility index (Phi) is 8.63. The summed E-state index contributed by atoms with van der Waals surface area (Å²) < 4.78 is -0.241. The molecular formula is C29H39Cl2N3O. The Morgan fingerprint density at radius 2 is 1.86 bits per heavy atom. The molecule has 190 valence electrons. The van der Waals surface area contributed by atoms with Crippen LogP contribution in [0.2, 0.25) is 10.0 Å². The van der Waals surface area contributed by atoms with Crippen LogP contribution in [0.15, 0.2) is 61.2 Å². The van der Waals surface area contributed by atoms with Gasteiger partial charge in [0.1, 0.15) is 6.04 Å². The zero-order chi connectivity index (χ0) is 25.1. The molecule has 1 N–H and O–H groups in total. The first-order valence-electron chi connectivity index (χ1n) is 12.9. The summed E-state index contributed by atoms with van der Waals surface area (Å²) in [7, 11) is 0. The number of piperidine rings is 1. The molecule has 1 unspecified atom stereocenters. The molecular weight excluding hydrogens is 477 g/mol. The molecule has 35 heavy (non-hydrogen) atoms. The van der Waals surface area contributed by atoms with E-state index in [1.807, 2.05) is 36.4 Å². The summed E-state index contributed by atoms with van der Waals surface area (Å²) >= 11 is 12.7. The van der Waals surface area contributed by atoms with Gasteiger partial charge in [-0.15, -0.1) is 6.58 Å². The van der Waals surface area contributed by atoms with Gasteiger partial charge in [0, 0.05) is 66.1 Å². The molecule has 0 bridgehead atoms. The molecule has 0 aliphatic carbocycles. The molecule has 0 amide bonds. The molecule has 2 aliphatic rings. The molecule has 2 saturated heterocycles. The molecule has 0 saturated carbocycles. The van der Waals surface area contributed by atoms with E-state index in [-0.39, 0.29) is 28.1 Å². The van der Waals surface area contributed by atoms with Crippen molar-refractivity contribution < 1.29 is 4.65 Å². The Morgan fingerprint density at radius 3 is 2.51 bits per heavy atom. The van der Waals surface area contributed by atoms with E-state index >= 15 is 5.21 Å². The highest BCUT2D eigenvalue weighted by Crippen LogP contribution is 2.55. The van der Waals surface area contributed by atoms with Gasteiger partial charge in [0.2, 0.25) is 0 Å². The minimum atomic E-state index is -0.241. The molecule has 2 aliphatic heterocycles. The lowest BCUT2D eigenvalue weighted by Gasteiger charge is -2.62. The van der Waals surface area contributed by atoms with Crippen molar-refractivity contribution >= 4 is 23.2 Å². The number of nitrogens with one attached hydrogen (secondary N) is 1. The summed E-state index contributed by atoms with van der Waals surface area (Å²) in [5.74, 6) is 0.0488. The van der Waals surface area contributed by atoms with Crippen molar-refractivity contribution in [1.82, 2.24) is 10.2 Å². The van der Waals surface area contributed by atoms with Gasteiger partial charge in [-0.1, -0.05) is 60.5 Å². The van der Waals surface area contributed by atoms with Gasteiger partial charge in [-0.05, 0) is 49.6 Å². The van der Waals surface area contributed by atoms with Crippen LogP contribution in [0.4, 0.5) is 0 Å². The van der Waals surface area contributed by atoms with E-state index in [0.29, 0.717) is 16.6 Å². The van der Waals surface area contributed by atoms with Crippen LogP contribution in [0.1, 0.15) is 56.2 Å². The van der Waals surface area contributed by atoms with Gasteiger partial charge in [0.15, 0.2) is 0 Å². The third-order valence-electron chi connectivity index (χ3n) is 8.14. The zero-order valence-corrected chi connectivity index (χ0v) is 22.6. The smallest absolute Gasteiger partial charge is 0.122 e. The number of benzene rings is 2. The van der Waals surface area contributed by atoms with Crippen LogP contribution < -0.4 is 5.32 Å². The number of halogens is 2. The lowest BCUT2D eigenvalue weighted by Crippen LogP contribution is -2.61. The quantitative estimate of drug-likeness (QED) is 0.238. The van der Waals surface area contributed by atoms with Gasteiger partial charge in [-0.2, -0.15) is 0 Å². The van der Waals surface area contributed by atoms with E-state index in [4.69, 9.17) is 23.2 Å². The van der Waals surface area contributed by atoms with Gasteiger partial charge in [0.05, 0.1) is 12.6 Å². The predicted octanol–water partition coefficient (Wildman–Crippen LogP) is 6.80. The average Bonchev–Trinajstić information content (AvgIpc) is 2.83. The van der Waals surface area contributed by atoms with Crippen LogP contribution >= 0.6 is 23.2 Å². The number of rotatable bonds is 8. The summed E-state index contributed by atoms with van der Waals surface area (Å²) in [4.78, 5) is 2.48. The largest absolute Gasteiger partial charge is 0.632 e. The van der Waals surface area contributed by atoms with Crippen LogP contribution in [0, 0.1) is 10.6 Å². The van der Waals surface area contributed by atoms with Crippen LogP contribution in [0.5, 0.6) is 0 Å². The second-order valence-electron chi connectivity index (χ2n) is 10.9. The molecule has 2 heterocycles. The highest BCUT2D eigenvalue weighted by atomic mass is 35.5. The maximum Gasteiger partial charge on any atom is 0.122 e. The number of hydrogen-bond acceptors (Lipinski definition) is 3. The van der Waals surface area contributed by atoms with Gasteiger partial charge >= 0.3 is 0 Å². The van der Waals surface area contributed by atoms with Crippen LogP contribution in [0.3, 0.4) is 0 Å². The van der Waals surface area contributed by atoms with Gasteiger partial charge in [0.25, 0.3) is 0 Å². The molecule has 0 aromatic heterocycles. The SMILES string of the molecule is C=CC[C@@]1(C)C[C@H](c2cccc(Cl)c2)[C@@H](c2ccc(Cl)cc2)[N+]([O-])([C@@H](C)CCN2CCNCC2)C1. The predicted molar refractivity (Wildman–Crippen MR) is 148 cm³/mol. The van der Waals surface area contributed by atoms with Crippen molar-refractivity contribution in [2.75, 3.05) is 39.3 Å². The van der Waals surface area contributed by atoms with Crippen molar-refractivity contribution in [3.63, 3.8) is 0 Å². The number of likely N-dealkylation sites (tertiary alicyclic amines) is 1. The van der Waals surface area contributed by atoms with Crippen molar-refractivity contribution in [2.24, 2.45) is 5.41 Å². The molecule has 0 radical (unpaired) electrons. The molecule has 6 heteroatoms. The summed E-state index contributed by atoms with van der Waals surface area (Å²) in [6, 6.07) is 15.8. The van der Waals surface area contributed by atoms with E-state index in [1.54, 1.807) is 0 Å². The lowest BCUT2D eigenvalue weighted by molar-refractivity contribution is -0.947. The van der Waals surface area contributed by atoms with Crippen molar-refractivity contribution in [1.29, 1.82) is 0 Å². The zero-order valence-electron chi connectivity index (χ0n) is 21.1. The Morgan fingerprint density at radius 1 is 1.14 bits per heavy atom. The van der Waals surface area contributed by atoms with E-state index in [2.05, 4.69) is 48.8 Å². The second-order valence-corrected chi connectivity index (χ2v) is 11.8. The van der Waals surface area contributed by atoms with E-state index in [9.17, 15) is 0 Å². The monoisotopic (exact) mass is 515 g/mol. The van der Waals surface area contributed by atoms with E-state index in [1.165, 1.54) is 0 Å². The summed E-state index contributed by atoms with van der Waals surface area (Å²) in [6.45, 7) is 14.1. The number of hydrogen-bond donors (Lipinski definition) is 1. The molecule has 5 atom stereocenters. The summed E-state index contributed by atoms with van der Waals surface area (Å²) in [5.41, 5.74) is 2.06. The number of hydroxylamine groups is 3. The first kappa shape index (κ1) is 26.7. The van der Waals surface area contributed by atoms with Crippen LogP contribution in [0.25, 0.3) is 0 Å². The van der Waals surface area contributed by atoms with E-state index in [0.717, 1.165) is 63.1 Å². The number of quaternary nitrogens is 1. The minimum Gasteiger partial charge on any atom is -0.632 e. The number of nitrogens with zero attached hydrogens (tertiary/aromatic N) is 2.